The van der Waals surface area contributed by atoms with E-state index in [9.17, 15) is 0 Å². The van der Waals surface area contributed by atoms with Gasteiger partial charge in [0, 0.05) is 0 Å². The lowest BCUT2D eigenvalue weighted by Gasteiger charge is -1.96. The van der Waals surface area contributed by atoms with Gasteiger partial charge in [-0.1, -0.05) is 30.3 Å². The molecule has 0 saturated carbocycles. The maximum absolute atomic E-state index is 8.83. The quantitative estimate of drug-likeness (QED) is 0.510. The van der Waals surface area contributed by atoms with Gasteiger partial charge in [0.2, 0.25) is 5.75 Å². The van der Waals surface area contributed by atoms with E-state index in [-0.39, 0.29) is 11.5 Å². The lowest BCUT2D eigenvalue weighted by molar-refractivity contribution is -0.139. The minimum atomic E-state index is -0.0694. The van der Waals surface area contributed by atoms with E-state index < -0.39 is 0 Å². The van der Waals surface area contributed by atoms with Crippen LogP contribution in [0.2, 0.25) is 0 Å². The minimum Gasteiger partial charge on any atom is -0.508 e. The molecule has 0 amide bonds. The Balaban J connectivity index is 0.000000165. The molecule has 3 N–H and O–H groups in total. The van der Waals surface area contributed by atoms with Crippen LogP contribution in [0.3, 0.4) is 0 Å². The number of hydrogen-bond donors (Lipinski definition) is 3. The molecule has 0 aliphatic carbocycles. The average molecular weight is 220 g/mol. The zero-order valence-corrected chi connectivity index (χ0v) is 8.45. The lowest BCUT2D eigenvalue weighted by Crippen LogP contribution is -1.82. The van der Waals surface area contributed by atoms with Gasteiger partial charge in [0.15, 0.2) is 5.75 Å². The smallest absolute Gasteiger partial charge is 0.206 e. The molecule has 2 aromatic carbocycles. The number of rotatable bonds is 1. The van der Waals surface area contributed by atoms with Gasteiger partial charge in [0.25, 0.3) is 0 Å². The van der Waals surface area contributed by atoms with E-state index in [1.54, 1.807) is 36.4 Å². The van der Waals surface area contributed by atoms with E-state index in [0.29, 0.717) is 5.75 Å². The van der Waals surface area contributed by atoms with E-state index in [2.05, 4.69) is 4.89 Å². The first-order valence-electron chi connectivity index (χ1n) is 4.57. The summed E-state index contributed by atoms with van der Waals surface area (Å²) in [4.78, 5) is 3.79. The molecule has 0 fully saturated rings. The van der Waals surface area contributed by atoms with Crippen molar-refractivity contribution in [1.29, 1.82) is 0 Å². The summed E-state index contributed by atoms with van der Waals surface area (Å²) >= 11 is 0. The summed E-state index contributed by atoms with van der Waals surface area (Å²) in [5.41, 5.74) is 0. The number of para-hydroxylation sites is 3. The molecular weight excluding hydrogens is 208 g/mol. The Morgan fingerprint density at radius 2 is 1.31 bits per heavy atom. The molecule has 0 spiro atoms. The molecule has 0 atom stereocenters. The van der Waals surface area contributed by atoms with Gasteiger partial charge in [-0.25, -0.2) is 5.26 Å². The Morgan fingerprint density at radius 3 is 1.69 bits per heavy atom. The predicted molar refractivity (Wildman–Crippen MR) is 59.5 cm³/mol. The van der Waals surface area contributed by atoms with Crippen molar-refractivity contribution in [3.05, 3.63) is 54.6 Å². The fraction of sp³-hybridized carbons (Fsp3) is 0. The second-order valence-electron chi connectivity index (χ2n) is 2.89. The number of phenolic OH excluding ortho intramolecular Hbond substituents is 2. The van der Waals surface area contributed by atoms with Crippen LogP contribution in [-0.2, 0) is 0 Å². The van der Waals surface area contributed by atoms with Gasteiger partial charge < -0.3 is 15.1 Å². The average Bonchev–Trinajstić information content (AvgIpc) is 2.31. The number of aromatic hydroxyl groups is 2. The van der Waals surface area contributed by atoms with Crippen LogP contribution in [0, 0.1) is 0 Å². The van der Waals surface area contributed by atoms with E-state index in [1.807, 2.05) is 6.07 Å². The number of hydrogen-bond acceptors (Lipinski definition) is 4. The molecule has 4 heteroatoms. The molecule has 0 radical (unpaired) electrons. The van der Waals surface area contributed by atoms with Gasteiger partial charge in [-0.3, -0.25) is 0 Å². The Hall–Kier alpha value is -2.20. The van der Waals surface area contributed by atoms with E-state index in [4.69, 9.17) is 15.5 Å². The Morgan fingerprint density at radius 1 is 0.750 bits per heavy atom. The van der Waals surface area contributed by atoms with Crippen molar-refractivity contribution in [2.45, 2.75) is 0 Å². The summed E-state index contributed by atoms with van der Waals surface area (Å²) in [7, 11) is 0. The fourth-order valence-corrected chi connectivity index (χ4v) is 0.962. The monoisotopic (exact) mass is 220 g/mol. The highest BCUT2D eigenvalue weighted by Crippen LogP contribution is 2.22. The zero-order valence-electron chi connectivity index (χ0n) is 8.45. The second-order valence-corrected chi connectivity index (χ2v) is 2.89. The van der Waals surface area contributed by atoms with Gasteiger partial charge in [0.05, 0.1) is 0 Å². The second kappa shape index (κ2) is 6.31. The first kappa shape index (κ1) is 11.9. The highest BCUT2D eigenvalue weighted by Gasteiger charge is 1.96. The third-order valence-corrected chi connectivity index (χ3v) is 1.72. The molecule has 0 aliphatic rings. The summed E-state index contributed by atoms with van der Waals surface area (Å²) in [6.07, 6.45) is 0. The zero-order chi connectivity index (χ0) is 11.8. The van der Waals surface area contributed by atoms with Gasteiger partial charge in [0.1, 0.15) is 5.75 Å². The van der Waals surface area contributed by atoms with Crippen molar-refractivity contribution in [2.24, 2.45) is 0 Å². The summed E-state index contributed by atoms with van der Waals surface area (Å²) in [6, 6.07) is 14.9. The Labute approximate surface area is 92.9 Å². The van der Waals surface area contributed by atoms with Crippen LogP contribution in [0.1, 0.15) is 0 Å². The summed E-state index contributed by atoms with van der Waals surface area (Å²) < 4.78 is 0. The van der Waals surface area contributed by atoms with Gasteiger partial charge in [-0.05, 0) is 24.3 Å². The van der Waals surface area contributed by atoms with Crippen molar-refractivity contribution in [2.75, 3.05) is 0 Å². The summed E-state index contributed by atoms with van der Waals surface area (Å²) in [6.45, 7) is 0. The third-order valence-electron chi connectivity index (χ3n) is 1.72. The molecule has 16 heavy (non-hydrogen) atoms. The molecular formula is C12H12O4. The van der Waals surface area contributed by atoms with E-state index in [1.165, 1.54) is 12.1 Å². The Kier molecular flexibility index (Phi) is 4.69. The van der Waals surface area contributed by atoms with Gasteiger partial charge >= 0.3 is 0 Å². The van der Waals surface area contributed by atoms with E-state index >= 15 is 0 Å². The van der Waals surface area contributed by atoms with E-state index in [0.717, 1.165) is 0 Å². The maximum atomic E-state index is 8.83. The SMILES string of the molecule is OOc1ccccc1O.Oc1ccccc1. The number of phenols is 2. The van der Waals surface area contributed by atoms with Crippen molar-refractivity contribution in [3.63, 3.8) is 0 Å². The van der Waals surface area contributed by atoms with Crippen LogP contribution >= 0.6 is 0 Å². The molecule has 0 unspecified atom stereocenters. The normalized spacial score (nSPS) is 8.81. The van der Waals surface area contributed by atoms with Crippen molar-refractivity contribution in [1.82, 2.24) is 0 Å². The van der Waals surface area contributed by atoms with Crippen molar-refractivity contribution >= 4 is 0 Å². The summed E-state index contributed by atoms with van der Waals surface area (Å²) in [5, 5.41) is 25.5. The minimum absolute atomic E-state index is 0.0671. The highest BCUT2D eigenvalue weighted by atomic mass is 17.1. The number of benzene rings is 2. The Bertz CT molecular complexity index is 414. The molecule has 4 nitrogen and oxygen atoms in total. The predicted octanol–water partition coefficient (Wildman–Crippen LogP) is 2.64. The largest absolute Gasteiger partial charge is 0.508 e. The fourth-order valence-electron chi connectivity index (χ4n) is 0.962. The molecule has 0 aromatic heterocycles. The molecule has 0 heterocycles. The van der Waals surface area contributed by atoms with Gasteiger partial charge in [-0.15, -0.1) is 0 Å². The molecule has 0 aliphatic heterocycles. The van der Waals surface area contributed by atoms with Crippen LogP contribution in [-0.4, -0.2) is 15.5 Å². The van der Waals surface area contributed by atoms with Crippen LogP contribution in [0.4, 0.5) is 0 Å². The van der Waals surface area contributed by atoms with Crippen molar-refractivity contribution in [3.8, 4) is 17.2 Å². The lowest BCUT2D eigenvalue weighted by atomic mass is 10.3. The molecule has 2 rings (SSSR count). The first-order chi connectivity index (χ1) is 7.74. The molecule has 0 saturated heterocycles. The van der Waals surface area contributed by atoms with Crippen LogP contribution in [0.15, 0.2) is 54.6 Å². The standard InChI is InChI=1S/C6H6O3.C6H6O/c7-5-3-1-2-4-6(5)9-8;7-6-4-2-1-3-5-6/h1-4,7-8H;1-5,7H. The first-order valence-corrected chi connectivity index (χ1v) is 4.57. The molecule has 2 aromatic rings. The molecule has 84 valence electrons. The van der Waals surface area contributed by atoms with Crippen LogP contribution < -0.4 is 4.89 Å². The van der Waals surface area contributed by atoms with Crippen LogP contribution in [0.25, 0.3) is 0 Å². The van der Waals surface area contributed by atoms with Crippen molar-refractivity contribution < 1.29 is 20.4 Å². The van der Waals surface area contributed by atoms with Gasteiger partial charge in [-0.2, -0.15) is 0 Å². The third kappa shape index (κ3) is 3.89. The van der Waals surface area contributed by atoms with Crippen LogP contribution in [0.5, 0.6) is 17.2 Å². The molecule has 0 bridgehead atoms. The highest BCUT2D eigenvalue weighted by molar-refractivity contribution is 5.37. The topological polar surface area (TPSA) is 69.9 Å². The maximum Gasteiger partial charge on any atom is 0.206 e. The summed E-state index contributed by atoms with van der Waals surface area (Å²) in [5.74, 6) is 0.319.